The number of para-hydroxylation sites is 1. The minimum Gasteiger partial charge on any atom is -0.482 e. The summed E-state index contributed by atoms with van der Waals surface area (Å²) in [6.07, 6.45) is 0. The zero-order valence-electron chi connectivity index (χ0n) is 10.4. The van der Waals surface area contributed by atoms with Gasteiger partial charge >= 0.3 is 0 Å². The van der Waals surface area contributed by atoms with Crippen molar-refractivity contribution < 1.29 is 19.4 Å². The van der Waals surface area contributed by atoms with Gasteiger partial charge in [0.05, 0.1) is 30.9 Å². The number of morpholine rings is 1. The van der Waals surface area contributed by atoms with Crippen LogP contribution in [0.5, 0.6) is 5.75 Å². The lowest BCUT2D eigenvalue weighted by atomic mass is 10.2. The molecule has 1 unspecified atom stereocenters. The fourth-order valence-electron chi connectivity index (χ4n) is 1.92. The molecule has 2 rings (SSSR count). The normalized spacial score (nSPS) is 19.3. The summed E-state index contributed by atoms with van der Waals surface area (Å²) in [5.74, 6) is 0.300. The molecule has 0 aliphatic carbocycles. The van der Waals surface area contributed by atoms with E-state index in [4.69, 9.17) is 21.1 Å². The average molecular weight is 286 g/mol. The van der Waals surface area contributed by atoms with E-state index in [1.54, 1.807) is 29.2 Å². The molecule has 5 nitrogen and oxygen atoms in total. The van der Waals surface area contributed by atoms with Crippen molar-refractivity contribution in [3.05, 3.63) is 29.3 Å². The Bertz CT molecular complexity index is 440. The van der Waals surface area contributed by atoms with Crippen LogP contribution in [0.2, 0.25) is 5.02 Å². The molecule has 0 aromatic heterocycles. The van der Waals surface area contributed by atoms with Gasteiger partial charge in [-0.3, -0.25) is 4.79 Å². The second-order valence-corrected chi connectivity index (χ2v) is 4.62. The number of carbonyl (C=O) groups is 1. The number of hydrogen-bond acceptors (Lipinski definition) is 4. The van der Waals surface area contributed by atoms with E-state index >= 15 is 0 Å². The Balaban J connectivity index is 1.92. The van der Waals surface area contributed by atoms with Crippen LogP contribution in [-0.2, 0) is 9.53 Å². The van der Waals surface area contributed by atoms with Crippen molar-refractivity contribution in [2.24, 2.45) is 0 Å². The first-order valence-electron chi connectivity index (χ1n) is 6.07. The van der Waals surface area contributed by atoms with Crippen molar-refractivity contribution in [2.75, 3.05) is 33.0 Å². The molecular formula is C13H16ClNO4. The van der Waals surface area contributed by atoms with Crippen LogP contribution in [0.4, 0.5) is 0 Å². The monoisotopic (exact) mass is 285 g/mol. The standard InChI is InChI=1S/C13H16ClNO4/c14-11-3-1-2-4-12(11)19-9-13(17)15-5-6-18-8-10(15)7-16/h1-4,10,16H,5-9H2. The maximum atomic E-state index is 12.0. The van der Waals surface area contributed by atoms with Crippen LogP contribution < -0.4 is 4.74 Å². The van der Waals surface area contributed by atoms with Crippen molar-refractivity contribution in [2.45, 2.75) is 6.04 Å². The second-order valence-electron chi connectivity index (χ2n) is 4.22. The lowest BCUT2D eigenvalue weighted by Crippen LogP contribution is -2.51. The van der Waals surface area contributed by atoms with Crippen molar-refractivity contribution in [3.63, 3.8) is 0 Å². The molecule has 1 aliphatic heterocycles. The molecule has 19 heavy (non-hydrogen) atoms. The molecule has 1 atom stereocenters. The van der Waals surface area contributed by atoms with Crippen molar-refractivity contribution in [1.82, 2.24) is 4.90 Å². The molecule has 6 heteroatoms. The van der Waals surface area contributed by atoms with Crippen LogP contribution in [-0.4, -0.2) is 54.9 Å². The highest BCUT2D eigenvalue weighted by Gasteiger charge is 2.26. The Morgan fingerprint density at radius 3 is 3.05 bits per heavy atom. The number of benzene rings is 1. The summed E-state index contributed by atoms with van der Waals surface area (Å²) < 4.78 is 10.6. The first-order chi connectivity index (χ1) is 9.22. The molecule has 1 saturated heterocycles. The number of carbonyl (C=O) groups excluding carboxylic acids is 1. The molecule has 1 aromatic rings. The summed E-state index contributed by atoms with van der Waals surface area (Å²) in [6, 6.07) is 6.69. The molecule has 1 amide bonds. The molecule has 1 heterocycles. The fourth-order valence-corrected chi connectivity index (χ4v) is 2.11. The van der Waals surface area contributed by atoms with Gasteiger partial charge in [0.2, 0.25) is 0 Å². The number of aliphatic hydroxyl groups is 1. The minimum absolute atomic E-state index is 0.0970. The number of ether oxygens (including phenoxy) is 2. The van der Waals surface area contributed by atoms with E-state index < -0.39 is 0 Å². The summed E-state index contributed by atoms with van der Waals surface area (Å²) >= 11 is 5.94. The zero-order valence-corrected chi connectivity index (χ0v) is 11.2. The number of nitrogens with zero attached hydrogens (tertiary/aromatic N) is 1. The third-order valence-corrected chi connectivity index (χ3v) is 3.26. The molecule has 1 fully saturated rings. The van der Waals surface area contributed by atoms with Crippen LogP contribution in [0, 0.1) is 0 Å². The Hall–Kier alpha value is -1.30. The number of rotatable bonds is 4. The van der Waals surface area contributed by atoms with Gasteiger partial charge in [-0.15, -0.1) is 0 Å². The van der Waals surface area contributed by atoms with E-state index in [1.807, 2.05) is 0 Å². The van der Waals surface area contributed by atoms with Gasteiger partial charge in [0, 0.05) is 6.54 Å². The summed E-state index contributed by atoms with van der Waals surface area (Å²) in [6.45, 7) is 1.09. The topological polar surface area (TPSA) is 59.0 Å². The van der Waals surface area contributed by atoms with Crippen LogP contribution in [0.3, 0.4) is 0 Å². The highest BCUT2D eigenvalue weighted by molar-refractivity contribution is 6.32. The van der Waals surface area contributed by atoms with Crippen LogP contribution in [0.25, 0.3) is 0 Å². The summed E-state index contributed by atoms with van der Waals surface area (Å²) in [5, 5.41) is 9.67. The average Bonchev–Trinajstić information content (AvgIpc) is 2.46. The lowest BCUT2D eigenvalue weighted by Gasteiger charge is -2.34. The second kappa shape index (κ2) is 6.75. The Morgan fingerprint density at radius 2 is 2.32 bits per heavy atom. The first-order valence-corrected chi connectivity index (χ1v) is 6.45. The van der Waals surface area contributed by atoms with Gasteiger partial charge in [-0.1, -0.05) is 23.7 Å². The Kier molecular flexibility index (Phi) is 5.01. The minimum atomic E-state index is -0.295. The summed E-state index contributed by atoms with van der Waals surface area (Å²) in [4.78, 5) is 13.6. The molecular weight excluding hydrogens is 270 g/mol. The lowest BCUT2D eigenvalue weighted by molar-refractivity contribution is -0.143. The highest BCUT2D eigenvalue weighted by Crippen LogP contribution is 2.23. The maximum absolute atomic E-state index is 12.0. The Labute approximate surface area is 116 Å². The number of hydrogen-bond donors (Lipinski definition) is 1. The van der Waals surface area contributed by atoms with Crippen molar-refractivity contribution >= 4 is 17.5 Å². The molecule has 104 valence electrons. The first kappa shape index (κ1) is 14.1. The van der Waals surface area contributed by atoms with E-state index in [9.17, 15) is 9.90 Å². The zero-order chi connectivity index (χ0) is 13.7. The third kappa shape index (κ3) is 3.59. The van der Waals surface area contributed by atoms with E-state index in [0.29, 0.717) is 30.5 Å². The van der Waals surface area contributed by atoms with Crippen LogP contribution in [0.1, 0.15) is 0 Å². The molecule has 0 radical (unpaired) electrons. The van der Waals surface area contributed by atoms with Crippen molar-refractivity contribution in [3.8, 4) is 5.75 Å². The van der Waals surface area contributed by atoms with E-state index in [1.165, 1.54) is 0 Å². The molecule has 1 aliphatic rings. The van der Waals surface area contributed by atoms with Crippen molar-refractivity contribution in [1.29, 1.82) is 0 Å². The molecule has 0 saturated carbocycles. The summed E-state index contributed by atoms with van der Waals surface area (Å²) in [5.41, 5.74) is 0. The summed E-state index contributed by atoms with van der Waals surface area (Å²) in [7, 11) is 0. The SMILES string of the molecule is O=C(COc1ccccc1Cl)N1CCOCC1CO. The number of amides is 1. The largest absolute Gasteiger partial charge is 0.482 e. The van der Waals surface area contributed by atoms with E-state index in [0.717, 1.165) is 0 Å². The molecule has 1 aromatic carbocycles. The molecule has 0 spiro atoms. The van der Waals surface area contributed by atoms with Gasteiger partial charge in [-0.2, -0.15) is 0 Å². The molecule has 1 N–H and O–H groups in total. The quantitative estimate of drug-likeness (QED) is 0.894. The van der Waals surface area contributed by atoms with E-state index in [2.05, 4.69) is 0 Å². The van der Waals surface area contributed by atoms with Crippen LogP contribution >= 0.6 is 11.6 Å². The predicted octanol–water partition coefficient (Wildman–Crippen LogP) is 0.938. The van der Waals surface area contributed by atoms with E-state index in [-0.39, 0.29) is 25.2 Å². The van der Waals surface area contributed by atoms with Gasteiger partial charge < -0.3 is 19.5 Å². The highest BCUT2D eigenvalue weighted by atomic mass is 35.5. The predicted molar refractivity (Wildman–Crippen MR) is 70.4 cm³/mol. The maximum Gasteiger partial charge on any atom is 0.260 e. The smallest absolute Gasteiger partial charge is 0.260 e. The van der Waals surface area contributed by atoms with Gasteiger partial charge in [-0.05, 0) is 12.1 Å². The van der Waals surface area contributed by atoms with Gasteiger partial charge in [0.15, 0.2) is 6.61 Å². The van der Waals surface area contributed by atoms with Gasteiger partial charge in [0.25, 0.3) is 5.91 Å². The number of halogens is 1. The van der Waals surface area contributed by atoms with Gasteiger partial charge in [0.1, 0.15) is 5.75 Å². The van der Waals surface area contributed by atoms with Crippen LogP contribution in [0.15, 0.2) is 24.3 Å². The number of aliphatic hydroxyl groups excluding tert-OH is 1. The molecule has 0 bridgehead atoms. The fraction of sp³-hybridized carbons (Fsp3) is 0.462. The third-order valence-electron chi connectivity index (χ3n) is 2.95. The van der Waals surface area contributed by atoms with Gasteiger partial charge in [-0.25, -0.2) is 0 Å². The Morgan fingerprint density at radius 1 is 1.53 bits per heavy atom.